The van der Waals surface area contributed by atoms with E-state index in [0.29, 0.717) is 0 Å². The van der Waals surface area contributed by atoms with Gasteiger partial charge in [0.1, 0.15) is 0 Å². The fourth-order valence-corrected chi connectivity index (χ4v) is 0.626. The Hall–Kier alpha value is -1.86. The maximum absolute atomic E-state index is 10.2. The Morgan fingerprint density at radius 3 is 1.59 bits per heavy atom. The second-order valence-corrected chi connectivity index (χ2v) is 3.24. The van der Waals surface area contributed by atoms with Gasteiger partial charge < -0.3 is 24.8 Å². The van der Waals surface area contributed by atoms with Crippen LogP contribution in [0.3, 0.4) is 0 Å². The highest BCUT2D eigenvalue weighted by Crippen LogP contribution is 2.06. The summed E-state index contributed by atoms with van der Waals surface area (Å²) in [6.45, 7) is 1.94. The van der Waals surface area contributed by atoms with Crippen molar-refractivity contribution >= 4 is 11.9 Å². The molecule has 0 aliphatic carbocycles. The zero-order chi connectivity index (χ0) is 13.4. The van der Waals surface area contributed by atoms with E-state index < -0.39 is 11.9 Å². The van der Waals surface area contributed by atoms with Crippen molar-refractivity contribution in [3.63, 3.8) is 0 Å². The number of hydrogen-bond donors (Lipinski definition) is 4. The van der Waals surface area contributed by atoms with Gasteiger partial charge in [-0.1, -0.05) is 6.92 Å². The summed E-state index contributed by atoms with van der Waals surface area (Å²) in [7, 11) is 0. The van der Waals surface area contributed by atoms with Crippen LogP contribution >= 0.6 is 0 Å². The Morgan fingerprint density at radius 1 is 1.12 bits per heavy atom. The summed E-state index contributed by atoms with van der Waals surface area (Å²) in [5.41, 5.74) is 0. The molecule has 1 aromatic rings. The van der Waals surface area contributed by atoms with Crippen LogP contribution in [0.5, 0.6) is 0 Å². The van der Waals surface area contributed by atoms with Gasteiger partial charge in [-0.2, -0.15) is 0 Å². The summed E-state index contributed by atoms with van der Waals surface area (Å²) < 4.78 is 4.41. The van der Waals surface area contributed by atoms with Gasteiger partial charge in [0.2, 0.25) is 11.5 Å². The third kappa shape index (κ3) is 5.69. The molecule has 0 saturated carbocycles. The van der Waals surface area contributed by atoms with Gasteiger partial charge in [-0.3, -0.25) is 0 Å². The normalized spacial score (nSPS) is 9.65. The van der Waals surface area contributed by atoms with E-state index in [0.717, 1.165) is 12.1 Å². The first-order valence-corrected chi connectivity index (χ1v) is 4.70. The van der Waals surface area contributed by atoms with E-state index in [9.17, 15) is 9.59 Å². The third-order valence-corrected chi connectivity index (χ3v) is 1.65. The van der Waals surface area contributed by atoms with Gasteiger partial charge in [0.05, 0.1) is 0 Å². The minimum atomic E-state index is -1.28. The molecule has 0 aliphatic rings. The first-order chi connectivity index (χ1) is 7.92. The molecule has 7 heteroatoms. The molecule has 1 aromatic heterocycles. The van der Waals surface area contributed by atoms with Gasteiger partial charge in [-0.25, -0.2) is 9.59 Å². The topological polar surface area (TPSA) is 128 Å². The molecule has 0 fully saturated rings. The van der Waals surface area contributed by atoms with Crippen LogP contribution in [0.4, 0.5) is 0 Å². The molecule has 0 radical (unpaired) electrons. The van der Waals surface area contributed by atoms with E-state index in [1.165, 1.54) is 0 Å². The number of carboxylic acid groups (broad SMARTS) is 2. The largest absolute Gasteiger partial charge is 0.475 e. The fraction of sp³-hybridized carbons (Fsp3) is 0.400. The number of aliphatic hydroxyl groups is 2. The predicted octanol–water partition coefficient (Wildman–Crippen LogP) is 0.283. The van der Waals surface area contributed by atoms with Gasteiger partial charge >= 0.3 is 11.9 Å². The van der Waals surface area contributed by atoms with Crippen LogP contribution < -0.4 is 0 Å². The lowest BCUT2D eigenvalue weighted by Gasteiger charge is -1.97. The zero-order valence-corrected chi connectivity index (χ0v) is 9.16. The van der Waals surface area contributed by atoms with Crippen LogP contribution in [0.2, 0.25) is 0 Å². The van der Waals surface area contributed by atoms with Gasteiger partial charge in [0, 0.05) is 19.1 Å². The lowest BCUT2D eigenvalue weighted by molar-refractivity contribution is 0.0631. The number of aliphatic hydroxyl groups excluding tert-OH is 2. The van der Waals surface area contributed by atoms with E-state index in [2.05, 4.69) is 4.42 Å². The van der Waals surface area contributed by atoms with E-state index in [1.807, 2.05) is 0 Å². The highest BCUT2D eigenvalue weighted by Gasteiger charge is 2.12. The van der Waals surface area contributed by atoms with E-state index in [4.69, 9.17) is 20.4 Å². The lowest BCUT2D eigenvalue weighted by atomic mass is 10.2. The van der Waals surface area contributed by atoms with Crippen molar-refractivity contribution in [3.8, 4) is 0 Å². The Labute approximate surface area is 96.9 Å². The van der Waals surface area contributed by atoms with Crippen molar-refractivity contribution < 1.29 is 34.4 Å². The molecule has 0 amide bonds. The molecule has 0 aromatic carbocycles. The lowest BCUT2D eigenvalue weighted by Crippen LogP contribution is -2.04. The summed E-state index contributed by atoms with van der Waals surface area (Å²) in [6.07, 6.45) is 0. The number of carbonyl (C=O) groups is 2. The maximum Gasteiger partial charge on any atom is 0.371 e. The number of rotatable bonds is 4. The van der Waals surface area contributed by atoms with Gasteiger partial charge in [0.15, 0.2) is 0 Å². The van der Waals surface area contributed by atoms with Crippen LogP contribution in [0, 0.1) is 5.92 Å². The number of carboxylic acids is 2. The molecule has 0 atom stereocenters. The summed E-state index contributed by atoms with van der Waals surface area (Å²) in [6, 6.07) is 2.18. The molecule has 1 heterocycles. The average Bonchev–Trinajstić information content (AvgIpc) is 2.78. The minimum absolute atomic E-state index is 0.0463. The highest BCUT2D eigenvalue weighted by atomic mass is 16.4. The smallest absolute Gasteiger partial charge is 0.371 e. The van der Waals surface area contributed by atoms with E-state index >= 15 is 0 Å². The van der Waals surface area contributed by atoms with Crippen molar-refractivity contribution in [1.82, 2.24) is 0 Å². The molecule has 1 rings (SSSR count). The van der Waals surface area contributed by atoms with Crippen molar-refractivity contribution in [2.45, 2.75) is 6.92 Å². The van der Waals surface area contributed by atoms with Crippen LogP contribution in [0.25, 0.3) is 0 Å². The molecule has 7 nitrogen and oxygen atoms in total. The molecule has 0 bridgehead atoms. The van der Waals surface area contributed by atoms with Gasteiger partial charge in [-0.15, -0.1) is 0 Å². The number of furan rings is 1. The molecule has 0 aliphatic heterocycles. The Kier molecular flexibility index (Phi) is 6.61. The molecular formula is C10H14O7. The van der Waals surface area contributed by atoms with Crippen molar-refractivity contribution in [1.29, 1.82) is 0 Å². The second-order valence-electron chi connectivity index (χ2n) is 3.24. The Bertz CT molecular complexity index is 336. The third-order valence-electron chi connectivity index (χ3n) is 1.65. The number of hydrogen-bond acceptors (Lipinski definition) is 5. The van der Waals surface area contributed by atoms with Crippen LogP contribution in [0.15, 0.2) is 16.5 Å². The number of aromatic carboxylic acids is 2. The monoisotopic (exact) mass is 246 g/mol. The standard InChI is InChI=1S/C6H4O5.C4H10O2/c7-5(8)3-1-2-4(11-3)6(9)10;1-4(2-5)3-6/h1-2H,(H,7,8)(H,9,10);4-6H,2-3H2,1H3. The fourth-order valence-electron chi connectivity index (χ4n) is 0.626. The molecular weight excluding hydrogens is 232 g/mol. The quantitative estimate of drug-likeness (QED) is 0.600. The SMILES string of the molecule is CC(CO)CO.O=C(O)c1ccc(C(=O)O)o1. The van der Waals surface area contributed by atoms with Crippen molar-refractivity contribution in [3.05, 3.63) is 23.7 Å². The molecule has 96 valence electrons. The van der Waals surface area contributed by atoms with Crippen LogP contribution in [-0.4, -0.2) is 45.6 Å². The average molecular weight is 246 g/mol. The first-order valence-electron chi connectivity index (χ1n) is 4.70. The second kappa shape index (κ2) is 7.42. The van der Waals surface area contributed by atoms with Crippen molar-refractivity contribution in [2.75, 3.05) is 13.2 Å². The first kappa shape index (κ1) is 15.1. The van der Waals surface area contributed by atoms with Crippen molar-refractivity contribution in [2.24, 2.45) is 5.92 Å². The molecule has 17 heavy (non-hydrogen) atoms. The van der Waals surface area contributed by atoms with E-state index in [-0.39, 0.29) is 30.7 Å². The summed E-state index contributed by atoms with van der Waals surface area (Å²) in [4.78, 5) is 20.3. The predicted molar refractivity (Wildman–Crippen MR) is 56.0 cm³/mol. The molecule has 0 unspecified atom stereocenters. The van der Waals surface area contributed by atoms with Crippen LogP contribution in [-0.2, 0) is 0 Å². The van der Waals surface area contributed by atoms with Gasteiger partial charge in [-0.05, 0) is 12.1 Å². The highest BCUT2D eigenvalue weighted by molar-refractivity contribution is 5.88. The molecule has 4 N–H and O–H groups in total. The van der Waals surface area contributed by atoms with Crippen LogP contribution in [0.1, 0.15) is 28.0 Å². The summed E-state index contributed by atoms with van der Waals surface area (Å²) >= 11 is 0. The van der Waals surface area contributed by atoms with E-state index in [1.54, 1.807) is 6.92 Å². The minimum Gasteiger partial charge on any atom is -0.475 e. The Balaban J connectivity index is 0.000000366. The maximum atomic E-state index is 10.2. The zero-order valence-electron chi connectivity index (χ0n) is 9.16. The Morgan fingerprint density at radius 2 is 1.47 bits per heavy atom. The molecule has 0 saturated heterocycles. The molecule has 0 spiro atoms. The summed E-state index contributed by atoms with van der Waals surface area (Å²) in [5, 5.41) is 32.9. The summed E-state index contributed by atoms with van der Waals surface area (Å²) in [5.74, 6) is -3.26. The van der Waals surface area contributed by atoms with Gasteiger partial charge in [0.25, 0.3) is 0 Å².